The lowest BCUT2D eigenvalue weighted by molar-refractivity contribution is 0.663. The molecule has 1 heteroatoms. The van der Waals surface area contributed by atoms with Crippen LogP contribution in [0.3, 0.4) is 0 Å². The maximum absolute atomic E-state index is 2.47. The van der Waals surface area contributed by atoms with Gasteiger partial charge >= 0.3 is 0 Å². The lowest BCUT2D eigenvalue weighted by Crippen LogP contribution is -2.14. The molecule has 0 nitrogen and oxygen atoms in total. The van der Waals surface area contributed by atoms with Crippen LogP contribution in [-0.4, -0.2) is 0 Å². The third-order valence-corrected chi connectivity index (χ3v) is 12.6. The first-order valence-corrected chi connectivity index (χ1v) is 18.3. The molecule has 0 saturated carbocycles. The van der Waals surface area contributed by atoms with Crippen molar-refractivity contribution >= 4 is 74.6 Å². The van der Waals surface area contributed by atoms with Gasteiger partial charge in [-0.1, -0.05) is 147 Å². The van der Waals surface area contributed by atoms with Crippen LogP contribution in [0.4, 0.5) is 0 Å². The van der Waals surface area contributed by atoms with Crippen molar-refractivity contribution in [1.82, 2.24) is 0 Å². The van der Waals surface area contributed by atoms with Gasteiger partial charge < -0.3 is 0 Å². The molecule has 0 N–H and O–H groups in total. The van der Waals surface area contributed by atoms with Gasteiger partial charge in [0.1, 0.15) is 0 Å². The Kier molecular flexibility index (Phi) is 5.70. The molecule has 0 spiro atoms. The maximum atomic E-state index is 2.47. The van der Waals surface area contributed by atoms with E-state index in [0.29, 0.717) is 0 Å². The highest BCUT2D eigenvalue weighted by atomic mass is 32.1. The van der Waals surface area contributed by atoms with Crippen molar-refractivity contribution in [2.24, 2.45) is 0 Å². The molecule has 9 aromatic carbocycles. The zero-order chi connectivity index (χ0) is 33.1. The summed E-state index contributed by atoms with van der Waals surface area (Å²) in [7, 11) is 0. The average Bonchev–Trinajstić information content (AvgIpc) is 3.65. The average molecular weight is 653 g/mol. The van der Waals surface area contributed by atoms with E-state index >= 15 is 0 Å². The van der Waals surface area contributed by atoms with Crippen molar-refractivity contribution in [3.05, 3.63) is 169 Å². The van der Waals surface area contributed by atoms with E-state index in [2.05, 4.69) is 172 Å². The third-order valence-electron chi connectivity index (χ3n) is 11.4. The van der Waals surface area contributed by atoms with E-state index in [1.807, 2.05) is 11.3 Å². The fourth-order valence-electron chi connectivity index (χ4n) is 9.20. The standard InChI is InChI=1S/C49H32S/c1-49(2)41-22-11-13-30-28-40(38-21-12-23-42(49)48(38)45(30)41)47-36-19-7-5-17-34(36)46(35-18-6-8-20-37(35)47)33-16-4-3-14-31(33)29-25-26-44-39(27-29)32-15-9-10-24-43(32)50-44/h3-28H,1-2H3. The number of benzene rings is 9. The highest BCUT2D eigenvalue weighted by molar-refractivity contribution is 7.25. The number of rotatable bonds is 3. The minimum Gasteiger partial charge on any atom is -0.135 e. The molecule has 0 atom stereocenters. The van der Waals surface area contributed by atoms with Gasteiger partial charge in [-0.2, -0.15) is 0 Å². The van der Waals surface area contributed by atoms with Crippen LogP contribution in [0.5, 0.6) is 0 Å². The molecule has 1 aliphatic rings. The Labute approximate surface area is 294 Å². The Balaban J connectivity index is 1.24. The smallest absolute Gasteiger partial charge is 0.0355 e. The van der Waals surface area contributed by atoms with E-state index in [1.165, 1.54) is 108 Å². The molecule has 11 rings (SSSR count). The first-order chi connectivity index (χ1) is 24.6. The molecule has 1 aliphatic carbocycles. The molecule has 1 aromatic heterocycles. The van der Waals surface area contributed by atoms with E-state index in [1.54, 1.807) is 0 Å². The van der Waals surface area contributed by atoms with Crippen LogP contribution >= 0.6 is 11.3 Å². The largest absolute Gasteiger partial charge is 0.135 e. The Morgan fingerprint density at radius 1 is 0.380 bits per heavy atom. The number of hydrogen-bond donors (Lipinski definition) is 0. The van der Waals surface area contributed by atoms with Gasteiger partial charge in [0.15, 0.2) is 0 Å². The third kappa shape index (κ3) is 3.71. The van der Waals surface area contributed by atoms with Gasteiger partial charge in [0.25, 0.3) is 0 Å². The van der Waals surface area contributed by atoms with Crippen molar-refractivity contribution in [1.29, 1.82) is 0 Å². The highest BCUT2D eigenvalue weighted by Crippen LogP contribution is 2.53. The molecule has 0 unspecified atom stereocenters. The van der Waals surface area contributed by atoms with E-state index in [4.69, 9.17) is 0 Å². The second-order valence-electron chi connectivity index (χ2n) is 14.4. The Hall–Kier alpha value is -5.76. The molecular formula is C49H32S. The van der Waals surface area contributed by atoms with Gasteiger partial charge in [-0.3, -0.25) is 0 Å². The second-order valence-corrected chi connectivity index (χ2v) is 15.5. The van der Waals surface area contributed by atoms with Crippen LogP contribution in [-0.2, 0) is 5.41 Å². The molecule has 0 fully saturated rings. The predicted octanol–water partition coefficient (Wildman–Crippen LogP) is 14.3. The molecule has 0 aliphatic heterocycles. The lowest BCUT2D eigenvalue weighted by atomic mass is 9.81. The van der Waals surface area contributed by atoms with Crippen molar-refractivity contribution in [2.45, 2.75) is 19.3 Å². The van der Waals surface area contributed by atoms with Crippen molar-refractivity contribution in [3.8, 4) is 33.4 Å². The molecule has 0 radical (unpaired) electrons. The zero-order valence-electron chi connectivity index (χ0n) is 27.9. The fraction of sp³-hybridized carbons (Fsp3) is 0.0612. The SMILES string of the molecule is CC1(C)c2cccc3cc(-c4c5ccccc5c(-c5ccccc5-c5ccc6sc7ccccc7c6c5)c5ccccc45)c4cccc1c4c23. The Morgan fingerprint density at radius 3 is 1.64 bits per heavy atom. The summed E-state index contributed by atoms with van der Waals surface area (Å²) in [6, 6.07) is 59.3. The van der Waals surface area contributed by atoms with Crippen LogP contribution in [0.25, 0.3) is 96.6 Å². The predicted molar refractivity (Wildman–Crippen MR) is 218 cm³/mol. The van der Waals surface area contributed by atoms with Crippen LogP contribution in [0.15, 0.2) is 158 Å². The monoisotopic (exact) mass is 652 g/mol. The number of hydrogen-bond acceptors (Lipinski definition) is 1. The van der Waals surface area contributed by atoms with Crippen molar-refractivity contribution in [3.63, 3.8) is 0 Å². The molecule has 50 heavy (non-hydrogen) atoms. The van der Waals surface area contributed by atoms with E-state index in [-0.39, 0.29) is 5.41 Å². The topological polar surface area (TPSA) is 0 Å². The van der Waals surface area contributed by atoms with E-state index in [0.717, 1.165) is 0 Å². The minimum atomic E-state index is -0.0317. The fourth-order valence-corrected chi connectivity index (χ4v) is 10.3. The first-order valence-electron chi connectivity index (χ1n) is 17.5. The first kappa shape index (κ1) is 28.1. The highest BCUT2D eigenvalue weighted by Gasteiger charge is 2.34. The van der Waals surface area contributed by atoms with Crippen molar-refractivity contribution < 1.29 is 0 Å². The van der Waals surface area contributed by atoms with Crippen LogP contribution in [0, 0.1) is 0 Å². The zero-order valence-corrected chi connectivity index (χ0v) is 28.7. The summed E-state index contributed by atoms with van der Waals surface area (Å²) in [6.45, 7) is 4.76. The van der Waals surface area contributed by atoms with Crippen LogP contribution in [0.2, 0.25) is 0 Å². The summed E-state index contributed by atoms with van der Waals surface area (Å²) in [5, 5.41) is 13.3. The summed E-state index contributed by atoms with van der Waals surface area (Å²) in [5.74, 6) is 0. The number of fused-ring (bicyclic) bond motifs is 5. The minimum absolute atomic E-state index is 0.0317. The molecule has 1 heterocycles. The van der Waals surface area contributed by atoms with E-state index in [9.17, 15) is 0 Å². The molecule has 0 bridgehead atoms. The summed E-state index contributed by atoms with van der Waals surface area (Å²) in [6.07, 6.45) is 0. The summed E-state index contributed by atoms with van der Waals surface area (Å²) < 4.78 is 2.67. The molecule has 234 valence electrons. The number of thiophene rings is 1. The van der Waals surface area contributed by atoms with Gasteiger partial charge in [-0.15, -0.1) is 11.3 Å². The Bertz CT molecular complexity index is 3010. The summed E-state index contributed by atoms with van der Waals surface area (Å²) in [5.41, 5.74) is 10.5. The molecular weight excluding hydrogens is 621 g/mol. The summed E-state index contributed by atoms with van der Waals surface area (Å²) >= 11 is 1.87. The van der Waals surface area contributed by atoms with Gasteiger partial charge in [-0.05, 0) is 112 Å². The summed E-state index contributed by atoms with van der Waals surface area (Å²) in [4.78, 5) is 0. The molecule has 0 saturated heterocycles. The second kappa shape index (κ2) is 10.1. The normalized spacial score (nSPS) is 13.6. The van der Waals surface area contributed by atoms with Gasteiger partial charge in [-0.25, -0.2) is 0 Å². The quantitative estimate of drug-likeness (QED) is 0.132. The van der Waals surface area contributed by atoms with Crippen LogP contribution in [0.1, 0.15) is 25.0 Å². The Morgan fingerprint density at radius 2 is 0.920 bits per heavy atom. The molecule has 10 aromatic rings. The van der Waals surface area contributed by atoms with Crippen LogP contribution < -0.4 is 0 Å². The maximum Gasteiger partial charge on any atom is 0.0355 e. The lowest BCUT2D eigenvalue weighted by Gasteiger charge is -2.22. The van der Waals surface area contributed by atoms with Gasteiger partial charge in [0.05, 0.1) is 0 Å². The molecule has 0 amide bonds. The van der Waals surface area contributed by atoms with Gasteiger partial charge in [0, 0.05) is 25.6 Å². The van der Waals surface area contributed by atoms with E-state index < -0.39 is 0 Å². The van der Waals surface area contributed by atoms with Gasteiger partial charge in [0.2, 0.25) is 0 Å². The van der Waals surface area contributed by atoms with Crippen molar-refractivity contribution in [2.75, 3.05) is 0 Å².